The molecule has 2 aromatic rings. The molecule has 1 saturated heterocycles. The first-order chi connectivity index (χ1) is 13.7. The largest absolute Gasteiger partial charge is 0.382 e. The van der Waals surface area contributed by atoms with Crippen molar-refractivity contribution in [2.45, 2.75) is 26.2 Å². The molecule has 0 bridgehead atoms. The number of hydrogen-bond donors (Lipinski definition) is 2. The van der Waals surface area contributed by atoms with Crippen molar-refractivity contribution in [1.29, 1.82) is 0 Å². The summed E-state index contributed by atoms with van der Waals surface area (Å²) in [6.07, 6.45) is 5.69. The maximum absolute atomic E-state index is 12.6. The first-order valence-corrected chi connectivity index (χ1v) is 9.93. The van der Waals surface area contributed by atoms with Crippen LogP contribution in [0.4, 0.5) is 10.5 Å². The minimum atomic E-state index is -0.125. The van der Waals surface area contributed by atoms with Gasteiger partial charge >= 0.3 is 6.03 Å². The number of nitrogens with one attached hydrogen (secondary N) is 2. The van der Waals surface area contributed by atoms with E-state index in [2.05, 4.69) is 15.6 Å². The quantitative estimate of drug-likeness (QED) is 0.719. The molecule has 28 heavy (non-hydrogen) atoms. The zero-order chi connectivity index (χ0) is 19.8. The van der Waals surface area contributed by atoms with E-state index in [1.807, 2.05) is 31.2 Å². The van der Waals surface area contributed by atoms with Crippen molar-refractivity contribution < 1.29 is 14.3 Å². The first-order valence-electron chi connectivity index (χ1n) is 9.93. The predicted molar refractivity (Wildman–Crippen MR) is 109 cm³/mol. The van der Waals surface area contributed by atoms with Gasteiger partial charge in [-0.15, -0.1) is 0 Å². The third-order valence-corrected chi connectivity index (χ3v) is 5.04. The van der Waals surface area contributed by atoms with Crippen molar-refractivity contribution in [3.8, 4) is 0 Å². The lowest BCUT2D eigenvalue weighted by atomic mass is 9.96. The number of carbonyl (C=O) groups excluding carboxylic acids is 2. The maximum atomic E-state index is 12.6. The van der Waals surface area contributed by atoms with Crippen molar-refractivity contribution in [2.75, 3.05) is 38.2 Å². The lowest BCUT2D eigenvalue weighted by Crippen LogP contribution is -2.44. The van der Waals surface area contributed by atoms with Crippen LogP contribution in [0, 0.1) is 5.92 Å². The molecule has 0 saturated carbocycles. The number of likely N-dealkylation sites (tertiary alicyclic amines) is 1. The van der Waals surface area contributed by atoms with Crippen LogP contribution in [0.5, 0.6) is 0 Å². The molecule has 0 unspecified atom stereocenters. The highest BCUT2D eigenvalue weighted by atomic mass is 16.5. The van der Waals surface area contributed by atoms with Crippen LogP contribution < -0.4 is 10.6 Å². The fourth-order valence-electron chi connectivity index (χ4n) is 3.45. The second-order valence-corrected chi connectivity index (χ2v) is 6.94. The molecule has 7 nitrogen and oxygen atoms in total. The van der Waals surface area contributed by atoms with Crippen molar-refractivity contribution in [1.82, 2.24) is 15.2 Å². The number of urea groups is 1. The SMILES string of the molecule is CCOCCCNC(=O)C1CCN(C(=O)Nc2cccc3cnccc23)CC1. The molecule has 0 radical (unpaired) electrons. The monoisotopic (exact) mass is 384 g/mol. The van der Waals surface area contributed by atoms with E-state index in [4.69, 9.17) is 4.74 Å². The summed E-state index contributed by atoms with van der Waals surface area (Å²) in [7, 11) is 0. The Morgan fingerprint density at radius 3 is 2.86 bits per heavy atom. The second kappa shape index (κ2) is 10.0. The van der Waals surface area contributed by atoms with Crippen LogP contribution in [0.3, 0.4) is 0 Å². The molecule has 150 valence electrons. The number of ether oxygens (including phenoxy) is 1. The molecular formula is C21H28N4O3. The molecular weight excluding hydrogens is 356 g/mol. The first kappa shape index (κ1) is 20.1. The van der Waals surface area contributed by atoms with Crippen LogP contribution in [-0.2, 0) is 9.53 Å². The van der Waals surface area contributed by atoms with E-state index in [-0.39, 0.29) is 17.9 Å². The Kier molecular flexibility index (Phi) is 7.19. The number of amides is 3. The molecule has 2 N–H and O–H groups in total. The number of piperidine rings is 1. The van der Waals surface area contributed by atoms with Gasteiger partial charge in [0, 0.05) is 61.9 Å². The van der Waals surface area contributed by atoms with Gasteiger partial charge in [-0.1, -0.05) is 12.1 Å². The molecule has 1 aromatic heterocycles. The summed E-state index contributed by atoms with van der Waals surface area (Å²) < 4.78 is 5.27. The Balaban J connectivity index is 1.46. The Morgan fingerprint density at radius 2 is 2.07 bits per heavy atom. The number of benzene rings is 1. The molecule has 2 heterocycles. The lowest BCUT2D eigenvalue weighted by Gasteiger charge is -2.31. The third kappa shape index (κ3) is 5.19. The number of fused-ring (bicyclic) bond motifs is 1. The van der Waals surface area contributed by atoms with Crippen molar-refractivity contribution in [2.24, 2.45) is 5.92 Å². The van der Waals surface area contributed by atoms with Gasteiger partial charge in [0.25, 0.3) is 0 Å². The molecule has 1 aliphatic rings. The van der Waals surface area contributed by atoms with Gasteiger partial charge in [0.2, 0.25) is 5.91 Å². The lowest BCUT2D eigenvalue weighted by molar-refractivity contribution is -0.126. The summed E-state index contributed by atoms with van der Waals surface area (Å²) in [5.41, 5.74) is 0.777. The fraction of sp³-hybridized carbons (Fsp3) is 0.476. The van der Waals surface area contributed by atoms with Gasteiger partial charge in [0.05, 0.1) is 5.69 Å². The summed E-state index contributed by atoms with van der Waals surface area (Å²) in [5, 5.41) is 7.92. The predicted octanol–water partition coefficient (Wildman–Crippen LogP) is 3.02. The van der Waals surface area contributed by atoms with Gasteiger partial charge < -0.3 is 20.3 Å². The number of anilines is 1. The maximum Gasteiger partial charge on any atom is 0.321 e. The fourth-order valence-corrected chi connectivity index (χ4v) is 3.45. The van der Waals surface area contributed by atoms with Crippen LogP contribution in [0.25, 0.3) is 10.8 Å². The highest BCUT2D eigenvalue weighted by molar-refractivity contribution is 6.01. The van der Waals surface area contributed by atoms with Crippen LogP contribution >= 0.6 is 0 Å². The average Bonchev–Trinajstić information content (AvgIpc) is 2.74. The van der Waals surface area contributed by atoms with Gasteiger partial charge in [-0.3, -0.25) is 9.78 Å². The van der Waals surface area contributed by atoms with E-state index in [9.17, 15) is 9.59 Å². The molecule has 7 heteroatoms. The van der Waals surface area contributed by atoms with E-state index in [1.54, 1.807) is 17.3 Å². The highest BCUT2D eigenvalue weighted by Crippen LogP contribution is 2.24. The molecule has 1 fully saturated rings. The van der Waals surface area contributed by atoms with Gasteiger partial charge in [0.15, 0.2) is 0 Å². The number of hydrogen-bond acceptors (Lipinski definition) is 4. The van der Waals surface area contributed by atoms with E-state index < -0.39 is 0 Å². The van der Waals surface area contributed by atoms with Gasteiger partial charge in [0.1, 0.15) is 0 Å². The molecule has 0 spiro atoms. The number of pyridine rings is 1. The minimum absolute atomic E-state index is 0.0280. The standard InChI is InChI=1S/C21H28N4O3/c1-2-28-14-4-10-23-20(26)16-8-12-25(13-9-16)21(27)24-19-6-3-5-17-15-22-11-7-18(17)19/h3,5-7,11,15-16H,2,4,8-10,12-14H2,1H3,(H,23,26)(H,24,27). The summed E-state index contributed by atoms with van der Waals surface area (Å²) in [5.74, 6) is 0.0536. The van der Waals surface area contributed by atoms with E-state index in [0.29, 0.717) is 45.7 Å². The zero-order valence-corrected chi connectivity index (χ0v) is 16.3. The Morgan fingerprint density at radius 1 is 1.25 bits per heavy atom. The van der Waals surface area contributed by atoms with Crippen LogP contribution in [0.1, 0.15) is 26.2 Å². The van der Waals surface area contributed by atoms with Crippen LogP contribution in [-0.4, -0.2) is 54.7 Å². The Labute approximate surface area is 165 Å². The highest BCUT2D eigenvalue weighted by Gasteiger charge is 2.27. The van der Waals surface area contributed by atoms with Crippen LogP contribution in [0.15, 0.2) is 36.7 Å². The molecule has 3 rings (SSSR count). The van der Waals surface area contributed by atoms with E-state index in [1.165, 1.54) is 0 Å². The topological polar surface area (TPSA) is 83.6 Å². The van der Waals surface area contributed by atoms with E-state index in [0.717, 1.165) is 22.9 Å². The number of aromatic nitrogens is 1. The Hall–Kier alpha value is -2.67. The number of rotatable bonds is 7. The molecule has 0 aliphatic carbocycles. The summed E-state index contributed by atoms with van der Waals surface area (Å²) in [6.45, 7) is 5.11. The second-order valence-electron chi connectivity index (χ2n) is 6.94. The molecule has 3 amide bonds. The van der Waals surface area contributed by atoms with Gasteiger partial charge in [-0.25, -0.2) is 4.79 Å². The van der Waals surface area contributed by atoms with Crippen LogP contribution in [0.2, 0.25) is 0 Å². The van der Waals surface area contributed by atoms with Gasteiger partial charge in [-0.05, 0) is 38.3 Å². The Bertz CT molecular complexity index is 798. The third-order valence-electron chi connectivity index (χ3n) is 5.04. The number of carbonyl (C=O) groups is 2. The summed E-state index contributed by atoms with van der Waals surface area (Å²) in [4.78, 5) is 30.8. The molecule has 1 aromatic carbocycles. The van der Waals surface area contributed by atoms with Gasteiger partial charge in [-0.2, -0.15) is 0 Å². The van der Waals surface area contributed by atoms with E-state index >= 15 is 0 Å². The van der Waals surface area contributed by atoms with Crippen molar-refractivity contribution in [3.05, 3.63) is 36.7 Å². The summed E-state index contributed by atoms with van der Waals surface area (Å²) >= 11 is 0. The average molecular weight is 384 g/mol. The van der Waals surface area contributed by atoms with Crippen molar-refractivity contribution in [3.63, 3.8) is 0 Å². The normalized spacial score (nSPS) is 14.8. The molecule has 0 atom stereocenters. The number of nitrogens with zero attached hydrogens (tertiary/aromatic N) is 2. The zero-order valence-electron chi connectivity index (χ0n) is 16.3. The molecule has 1 aliphatic heterocycles. The van der Waals surface area contributed by atoms with Crippen molar-refractivity contribution >= 4 is 28.4 Å². The smallest absolute Gasteiger partial charge is 0.321 e. The summed E-state index contributed by atoms with van der Waals surface area (Å²) in [6, 6.07) is 7.54. The minimum Gasteiger partial charge on any atom is -0.382 e.